The van der Waals surface area contributed by atoms with Crippen LogP contribution in [0.15, 0.2) is 48.5 Å². The Morgan fingerprint density at radius 2 is 1.89 bits per heavy atom. The van der Waals surface area contributed by atoms with Crippen molar-refractivity contribution >= 4 is 17.5 Å². The normalized spacial score (nSPS) is 20.0. The molecule has 5 nitrogen and oxygen atoms in total. The average molecular weight is 378 g/mol. The van der Waals surface area contributed by atoms with Crippen LogP contribution in [0, 0.1) is 5.92 Å². The Kier molecular flexibility index (Phi) is 5.33. The molecule has 1 saturated carbocycles. The second-order valence-corrected chi connectivity index (χ2v) is 7.75. The lowest BCUT2D eigenvalue weighted by Crippen LogP contribution is -2.42. The lowest BCUT2D eigenvalue weighted by atomic mass is 9.91. The minimum atomic E-state index is -0.614. The van der Waals surface area contributed by atoms with E-state index >= 15 is 0 Å². The molecule has 0 spiro atoms. The highest BCUT2D eigenvalue weighted by molar-refractivity contribution is 6.04. The molecule has 2 amide bonds. The summed E-state index contributed by atoms with van der Waals surface area (Å²) in [5.41, 5.74) is 2.25. The number of fused-ring (bicyclic) bond motifs is 1. The second-order valence-electron chi connectivity index (χ2n) is 7.75. The van der Waals surface area contributed by atoms with Crippen LogP contribution < -0.4 is 15.4 Å². The molecule has 28 heavy (non-hydrogen) atoms. The maximum absolute atomic E-state index is 13.2. The van der Waals surface area contributed by atoms with E-state index in [1.165, 1.54) is 18.4 Å². The van der Waals surface area contributed by atoms with Crippen LogP contribution in [-0.2, 0) is 11.2 Å². The smallest absolute Gasteiger partial charge is 0.265 e. The molecule has 2 aliphatic rings. The zero-order valence-electron chi connectivity index (χ0n) is 16.1. The van der Waals surface area contributed by atoms with Gasteiger partial charge in [0.25, 0.3) is 11.8 Å². The van der Waals surface area contributed by atoms with Crippen molar-refractivity contribution in [3.05, 3.63) is 59.7 Å². The van der Waals surface area contributed by atoms with Crippen molar-refractivity contribution in [1.29, 1.82) is 0 Å². The van der Waals surface area contributed by atoms with Gasteiger partial charge in [0.1, 0.15) is 0 Å². The predicted molar refractivity (Wildman–Crippen MR) is 109 cm³/mol. The molecule has 1 fully saturated rings. The largest absolute Gasteiger partial charge is 0.478 e. The standard InChI is InChI=1S/C23H26N2O3/c1-15-22(26)24-19-13-7-12-18(21(19)28-15)23(27)25-20(17-10-5-6-11-17)14-16-8-3-2-4-9-16/h2-4,7-9,12-13,15,17,20H,5-6,10-11,14H2,1H3,(H,24,26)(H,25,27). The Morgan fingerprint density at radius 3 is 2.64 bits per heavy atom. The molecule has 2 aromatic rings. The average Bonchev–Trinajstić information content (AvgIpc) is 3.23. The lowest BCUT2D eigenvalue weighted by molar-refractivity contribution is -0.122. The summed E-state index contributed by atoms with van der Waals surface area (Å²) in [6.07, 6.45) is 4.94. The first-order valence-corrected chi connectivity index (χ1v) is 10.1. The third-order valence-corrected chi connectivity index (χ3v) is 5.77. The molecule has 1 aliphatic carbocycles. The summed E-state index contributed by atoms with van der Waals surface area (Å²) in [5, 5.41) is 6.08. The van der Waals surface area contributed by atoms with Gasteiger partial charge in [-0.25, -0.2) is 0 Å². The predicted octanol–water partition coefficient (Wildman–Crippen LogP) is 3.94. The van der Waals surface area contributed by atoms with Gasteiger partial charge in [0, 0.05) is 6.04 Å². The molecule has 1 aliphatic heterocycles. The molecular formula is C23H26N2O3. The fraction of sp³-hybridized carbons (Fsp3) is 0.391. The molecule has 4 rings (SSSR count). The molecule has 2 aromatic carbocycles. The summed E-state index contributed by atoms with van der Waals surface area (Å²) >= 11 is 0. The SMILES string of the molecule is CC1Oc2c(cccc2C(=O)NC(Cc2ccccc2)C2CCCC2)NC1=O. The van der Waals surface area contributed by atoms with Crippen LogP contribution in [0.4, 0.5) is 5.69 Å². The quantitative estimate of drug-likeness (QED) is 0.828. The minimum absolute atomic E-state index is 0.0869. The number of hydrogen-bond acceptors (Lipinski definition) is 3. The number of carbonyl (C=O) groups is 2. The van der Waals surface area contributed by atoms with Crippen LogP contribution in [-0.4, -0.2) is 24.0 Å². The first kappa shape index (κ1) is 18.5. The molecule has 2 unspecified atom stereocenters. The van der Waals surface area contributed by atoms with E-state index in [1.807, 2.05) is 18.2 Å². The maximum Gasteiger partial charge on any atom is 0.265 e. The summed E-state index contributed by atoms with van der Waals surface area (Å²) in [5.74, 6) is 0.603. The first-order valence-electron chi connectivity index (χ1n) is 10.1. The summed E-state index contributed by atoms with van der Waals surface area (Å²) in [7, 11) is 0. The van der Waals surface area contributed by atoms with E-state index in [4.69, 9.17) is 4.74 Å². The molecule has 2 atom stereocenters. The molecule has 0 saturated heterocycles. The number of amides is 2. The van der Waals surface area contributed by atoms with Crippen molar-refractivity contribution < 1.29 is 14.3 Å². The number of hydrogen-bond donors (Lipinski definition) is 2. The van der Waals surface area contributed by atoms with E-state index in [-0.39, 0.29) is 17.9 Å². The first-order chi connectivity index (χ1) is 13.6. The third-order valence-electron chi connectivity index (χ3n) is 5.77. The van der Waals surface area contributed by atoms with Crippen LogP contribution in [0.25, 0.3) is 0 Å². The fourth-order valence-corrected chi connectivity index (χ4v) is 4.22. The minimum Gasteiger partial charge on any atom is -0.478 e. The highest BCUT2D eigenvalue weighted by Gasteiger charge is 2.30. The molecule has 1 heterocycles. The number of para-hydroxylation sites is 1. The van der Waals surface area contributed by atoms with Gasteiger partial charge in [0.15, 0.2) is 11.9 Å². The van der Waals surface area contributed by atoms with Crippen molar-refractivity contribution in [3.63, 3.8) is 0 Å². The molecule has 2 N–H and O–H groups in total. The van der Waals surface area contributed by atoms with Gasteiger partial charge in [-0.1, -0.05) is 49.2 Å². The Bertz CT molecular complexity index is 859. The van der Waals surface area contributed by atoms with Crippen LogP contribution in [0.5, 0.6) is 5.75 Å². The van der Waals surface area contributed by atoms with E-state index in [0.717, 1.165) is 19.3 Å². The third kappa shape index (κ3) is 3.88. The van der Waals surface area contributed by atoms with Crippen LogP contribution >= 0.6 is 0 Å². The van der Waals surface area contributed by atoms with E-state index in [2.05, 4.69) is 22.8 Å². The van der Waals surface area contributed by atoms with Crippen molar-refractivity contribution in [2.75, 3.05) is 5.32 Å². The van der Waals surface area contributed by atoms with Gasteiger partial charge in [-0.15, -0.1) is 0 Å². The van der Waals surface area contributed by atoms with Crippen molar-refractivity contribution in [2.24, 2.45) is 5.92 Å². The van der Waals surface area contributed by atoms with Crippen LogP contribution in [0.3, 0.4) is 0 Å². The topological polar surface area (TPSA) is 67.4 Å². The summed E-state index contributed by atoms with van der Waals surface area (Å²) in [6, 6.07) is 15.7. The van der Waals surface area contributed by atoms with E-state index in [0.29, 0.717) is 22.9 Å². The zero-order chi connectivity index (χ0) is 19.5. The van der Waals surface area contributed by atoms with Crippen molar-refractivity contribution in [3.8, 4) is 5.75 Å². The summed E-state index contributed by atoms with van der Waals surface area (Å²) in [6.45, 7) is 1.68. The number of carbonyl (C=O) groups excluding carboxylic acids is 2. The highest BCUT2D eigenvalue weighted by Crippen LogP contribution is 2.34. The number of nitrogens with one attached hydrogen (secondary N) is 2. The van der Waals surface area contributed by atoms with Gasteiger partial charge in [0.2, 0.25) is 0 Å². The monoisotopic (exact) mass is 378 g/mol. The molecule has 0 bridgehead atoms. The molecule has 0 radical (unpaired) electrons. The maximum atomic E-state index is 13.2. The van der Waals surface area contributed by atoms with Crippen molar-refractivity contribution in [2.45, 2.75) is 51.2 Å². The van der Waals surface area contributed by atoms with E-state index in [9.17, 15) is 9.59 Å². The molecule has 146 valence electrons. The Labute approximate surface area is 165 Å². The van der Waals surface area contributed by atoms with Gasteiger partial charge in [0.05, 0.1) is 11.3 Å². The van der Waals surface area contributed by atoms with Crippen molar-refractivity contribution in [1.82, 2.24) is 5.32 Å². The Hall–Kier alpha value is -2.82. The number of anilines is 1. The highest BCUT2D eigenvalue weighted by atomic mass is 16.5. The number of ether oxygens (including phenoxy) is 1. The fourth-order valence-electron chi connectivity index (χ4n) is 4.22. The van der Waals surface area contributed by atoms with E-state index < -0.39 is 6.10 Å². The Balaban J connectivity index is 1.56. The van der Waals surface area contributed by atoms with E-state index in [1.54, 1.807) is 25.1 Å². The zero-order valence-corrected chi connectivity index (χ0v) is 16.1. The van der Waals surface area contributed by atoms with Gasteiger partial charge < -0.3 is 15.4 Å². The molecule has 5 heteroatoms. The van der Waals surface area contributed by atoms with Crippen LogP contribution in [0.1, 0.15) is 48.5 Å². The number of rotatable bonds is 5. The van der Waals surface area contributed by atoms with Crippen LogP contribution in [0.2, 0.25) is 0 Å². The second kappa shape index (κ2) is 8.05. The number of benzene rings is 2. The lowest BCUT2D eigenvalue weighted by Gasteiger charge is -2.28. The molecule has 0 aromatic heterocycles. The van der Waals surface area contributed by atoms with Gasteiger partial charge in [-0.3, -0.25) is 9.59 Å². The van der Waals surface area contributed by atoms with Gasteiger partial charge >= 0.3 is 0 Å². The summed E-state index contributed by atoms with van der Waals surface area (Å²) < 4.78 is 5.75. The van der Waals surface area contributed by atoms with Gasteiger partial charge in [-0.2, -0.15) is 0 Å². The summed E-state index contributed by atoms with van der Waals surface area (Å²) in [4.78, 5) is 25.0. The Morgan fingerprint density at radius 1 is 1.14 bits per heavy atom. The van der Waals surface area contributed by atoms with Gasteiger partial charge in [-0.05, 0) is 49.8 Å². The molecular weight excluding hydrogens is 352 g/mol.